The number of aryl methyl sites for hydroxylation is 2. The molecule has 1 nitrogen and oxygen atoms in total. The van der Waals surface area contributed by atoms with Crippen molar-refractivity contribution in [2.24, 2.45) is 5.92 Å². The minimum Gasteiger partial charge on any atom is -0.313 e. The summed E-state index contributed by atoms with van der Waals surface area (Å²) in [4.78, 5) is 1.49. The number of hydrogen-bond donors (Lipinski definition) is 1. The summed E-state index contributed by atoms with van der Waals surface area (Å²) in [6, 6.07) is 7.55. The van der Waals surface area contributed by atoms with E-state index in [1.54, 1.807) is 0 Å². The maximum atomic E-state index is 3.73. The highest BCUT2D eigenvalue weighted by Gasteiger charge is 2.30. The lowest BCUT2D eigenvalue weighted by molar-refractivity contribution is 0.289. The molecule has 1 saturated carbocycles. The summed E-state index contributed by atoms with van der Waals surface area (Å²) in [5, 5.41) is 4.46. The summed E-state index contributed by atoms with van der Waals surface area (Å²) < 4.78 is 0. The average molecular weight is 306 g/mol. The molecule has 0 aliphatic heterocycles. The van der Waals surface area contributed by atoms with Gasteiger partial charge in [0.15, 0.2) is 0 Å². The molecule has 2 rings (SSSR count). The number of benzene rings is 1. The third-order valence-electron chi connectivity index (χ3n) is 4.69. The fourth-order valence-electron chi connectivity index (χ4n) is 3.51. The predicted octanol–water partition coefficient (Wildman–Crippen LogP) is 5.34. The zero-order chi connectivity index (χ0) is 15.2. The molecule has 21 heavy (non-hydrogen) atoms. The number of nitrogens with one attached hydrogen (secondary N) is 1. The van der Waals surface area contributed by atoms with Crippen LogP contribution in [0.15, 0.2) is 23.1 Å². The summed E-state index contributed by atoms with van der Waals surface area (Å²) in [5.74, 6) is 0.938. The van der Waals surface area contributed by atoms with E-state index in [0.717, 1.165) is 17.7 Å². The molecule has 1 aromatic rings. The zero-order valence-electron chi connectivity index (χ0n) is 14.1. The van der Waals surface area contributed by atoms with E-state index in [1.807, 2.05) is 0 Å². The van der Waals surface area contributed by atoms with E-state index in [2.05, 4.69) is 63.0 Å². The number of thioether (sulfide) groups is 1. The summed E-state index contributed by atoms with van der Waals surface area (Å²) in [6.45, 7) is 10.1. The van der Waals surface area contributed by atoms with Crippen molar-refractivity contribution in [3.63, 3.8) is 0 Å². The first kappa shape index (κ1) is 16.9. The largest absolute Gasteiger partial charge is 0.313 e. The van der Waals surface area contributed by atoms with Crippen molar-refractivity contribution in [3.8, 4) is 0 Å². The monoisotopic (exact) mass is 305 g/mol. The Morgan fingerprint density at radius 2 is 2.00 bits per heavy atom. The molecule has 0 aromatic heterocycles. The standard InChI is InChI=1S/C19H31NS/c1-5-7-16-10-11-17(20-6-2)19(13-16)21-18-12-14(3)8-9-15(18)4/h8-9,12,16-17,19-20H,5-7,10-11,13H2,1-4H3. The van der Waals surface area contributed by atoms with Gasteiger partial charge in [0, 0.05) is 16.2 Å². The van der Waals surface area contributed by atoms with E-state index in [-0.39, 0.29) is 0 Å². The molecule has 1 N–H and O–H groups in total. The second-order valence-corrected chi connectivity index (χ2v) is 7.84. The molecule has 1 aliphatic rings. The lowest BCUT2D eigenvalue weighted by Crippen LogP contribution is -2.42. The quantitative estimate of drug-likeness (QED) is 0.761. The molecule has 0 radical (unpaired) electrons. The highest BCUT2D eigenvalue weighted by atomic mass is 32.2. The van der Waals surface area contributed by atoms with Gasteiger partial charge in [-0.25, -0.2) is 0 Å². The highest BCUT2D eigenvalue weighted by Crippen LogP contribution is 2.39. The van der Waals surface area contributed by atoms with Crippen LogP contribution in [-0.4, -0.2) is 17.8 Å². The maximum absolute atomic E-state index is 3.73. The molecule has 0 spiro atoms. The van der Waals surface area contributed by atoms with Crippen molar-refractivity contribution >= 4 is 11.8 Å². The minimum atomic E-state index is 0.688. The average Bonchev–Trinajstić information content (AvgIpc) is 2.46. The molecule has 3 atom stereocenters. The molecule has 2 heteroatoms. The van der Waals surface area contributed by atoms with Gasteiger partial charge in [0.1, 0.15) is 0 Å². The molecule has 3 unspecified atom stereocenters. The van der Waals surface area contributed by atoms with Crippen LogP contribution in [0.2, 0.25) is 0 Å². The van der Waals surface area contributed by atoms with Gasteiger partial charge in [-0.15, -0.1) is 11.8 Å². The van der Waals surface area contributed by atoms with Crippen LogP contribution in [0.3, 0.4) is 0 Å². The third-order valence-corrected chi connectivity index (χ3v) is 6.20. The van der Waals surface area contributed by atoms with Gasteiger partial charge < -0.3 is 5.32 Å². The Kier molecular flexibility index (Phi) is 6.63. The predicted molar refractivity (Wildman–Crippen MR) is 95.3 cm³/mol. The molecule has 1 fully saturated rings. The van der Waals surface area contributed by atoms with Crippen LogP contribution in [0.5, 0.6) is 0 Å². The smallest absolute Gasteiger partial charge is 0.0251 e. The summed E-state index contributed by atoms with van der Waals surface area (Å²) in [6.07, 6.45) is 6.88. The fourth-order valence-corrected chi connectivity index (χ4v) is 5.10. The molecule has 0 bridgehead atoms. The van der Waals surface area contributed by atoms with Gasteiger partial charge in [-0.2, -0.15) is 0 Å². The van der Waals surface area contributed by atoms with E-state index >= 15 is 0 Å². The Morgan fingerprint density at radius 1 is 1.19 bits per heavy atom. The molecule has 1 aliphatic carbocycles. The first-order valence-corrected chi connectivity index (χ1v) is 9.49. The zero-order valence-corrected chi connectivity index (χ0v) is 14.9. The van der Waals surface area contributed by atoms with Gasteiger partial charge >= 0.3 is 0 Å². The molecule has 118 valence electrons. The van der Waals surface area contributed by atoms with Gasteiger partial charge in [0.25, 0.3) is 0 Å². The third kappa shape index (κ3) is 4.75. The highest BCUT2D eigenvalue weighted by molar-refractivity contribution is 8.00. The number of rotatable bonds is 6. The fraction of sp³-hybridized carbons (Fsp3) is 0.684. The molecule has 0 heterocycles. The lowest BCUT2D eigenvalue weighted by Gasteiger charge is -2.36. The van der Waals surface area contributed by atoms with Crippen molar-refractivity contribution in [1.82, 2.24) is 5.32 Å². The van der Waals surface area contributed by atoms with Crippen molar-refractivity contribution in [2.75, 3.05) is 6.54 Å². The lowest BCUT2D eigenvalue weighted by atomic mass is 9.83. The molecule has 0 amide bonds. The Morgan fingerprint density at radius 3 is 2.71 bits per heavy atom. The number of hydrogen-bond acceptors (Lipinski definition) is 2. The summed E-state index contributed by atoms with van der Waals surface area (Å²) in [5.41, 5.74) is 2.81. The summed E-state index contributed by atoms with van der Waals surface area (Å²) >= 11 is 2.12. The van der Waals surface area contributed by atoms with E-state index in [9.17, 15) is 0 Å². The topological polar surface area (TPSA) is 12.0 Å². The SMILES string of the molecule is CCCC1CCC(NCC)C(Sc2cc(C)ccc2C)C1. The first-order chi connectivity index (χ1) is 10.1. The Hall–Kier alpha value is -0.470. The van der Waals surface area contributed by atoms with Gasteiger partial charge in [-0.1, -0.05) is 44.4 Å². The first-order valence-electron chi connectivity index (χ1n) is 8.61. The van der Waals surface area contributed by atoms with Crippen LogP contribution >= 0.6 is 11.8 Å². The van der Waals surface area contributed by atoms with Crippen molar-refractivity contribution in [2.45, 2.75) is 76.0 Å². The van der Waals surface area contributed by atoms with Crippen LogP contribution in [0, 0.1) is 19.8 Å². The minimum absolute atomic E-state index is 0.688. The molecular weight excluding hydrogens is 274 g/mol. The van der Waals surface area contributed by atoms with Gasteiger partial charge in [-0.05, 0) is 57.2 Å². The van der Waals surface area contributed by atoms with Gasteiger partial charge in [0.05, 0.1) is 0 Å². The van der Waals surface area contributed by atoms with Crippen LogP contribution in [0.25, 0.3) is 0 Å². The molecular formula is C19H31NS. The van der Waals surface area contributed by atoms with Crippen molar-refractivity contribution in [1.29, 1.82) is 0 Å². The molecule has 0 saturated heterocycles. The van der Waals surface area contributed by atoms with Gasteiger partial charge in [0.2, 0.25) is 0 Å². The van der Waals surface area contributed by atoms with Crippen LogP contribution < -0.4 is 5.32 Å². The Balaban J connectivity index is 2.09. The van der Waals surface area contributed by atoms with Crippen LogP contribution in [0.4, 0.5) is 0 Å². The van der Waals surface area contributed by atoms with Gasteiger partial charge in [-0.3, -0.25) is 0 Å². The Bertz CT molecular complexity index is 443. The van der Waals surface area contributed by atoms with E-state index < -0.39 is 0 Å². The second kappa shape index (κ2) is 8.24. The van der Waals surface area contributed by atoms with Crippen molar-refractivity contribution < 1.29 is 0 Å². The Labute approximate surface area is 135 Å². The van der Waals surface area contributed by atoms with Crippen molar-refractivity contribution in [3.05, 3.63) is 29.3 Å². The maximum Gasteiger partial charge on any atom is 0.0251 e. The van der Waals surface area contributed by atoms with E-state index in [0.29, 0.717) is 6.04 Å². The normalized spacial score (nSPS) is 26.0. The molecule has 1 aromatic carbocycles. The van der Waals surface area contributed by atoms with Crippen LogP contribution in [-0.2, 0) is 0 Å². The van der Waals surface area contributed by atoms with E-state index in [1.165, 1.54) is 48.1 Å². The summed E-state index contributed by atoms with van der Waals surface area (Å²) in [7, 11) is 0. The van der Waals surface area contributed by atoms with Crippen LogP contribution in [0.1, 0.15) is 57.1 Å². The van der Waals surface area contributed by atoms with E-state index in [4.69, 9.17) is 0 Å². The second-order valence-electron chi connectivity index (χ2n) is 6.56.